The zero-order chi connectivity index (χ0) is 20.8. The zero-order valence-electron chi connectivity index (χ0n) is 16.2. The number of aromatic amines is 2. The van der Waals surface area contributed by atoms with Gasteiger partial charge < -0.3 is 4.98 Å². The molecule has 0 saturated carbocycles. The number of nitrogens with zero attached hydrogens (tertiary/aromatic N) is 4. The molecule has 4 aromatic heterocycles. The first kappa shape index (κ1) is 17.5. The predicted octanol–water partition coefficient (Wildman–Crippen LogP) is 5.37. The average molecular weight is 406 g/mol. The average Bonchev–Trinajstić information content (AvgIpc) is 3.43. The number of benzene rings is 2. The standard InChI is InChI=1S/C24H15FN6/c25-18-6-2-1-4-15(18)14-5-3-7-19-16(14)10-21(29-19)24-17-11-20(23-12-26-8-9-27-23)28-13-22(17)30-31-24/h1-13,29H,(H,30,31). The van der Waals surface area contributed by atoms with Crippen LogP contribution in [0.4, 0.5) is 4.39 Å². The van der Waals surface area contributed by atoms with Gasteiger partial charge in [-0.05, 0) is 29.8 Å². The molecule has 2 N–H and O–H groups in total. The Bertz CT molecular complexity index is 1550. The van der Waals surface area contributed by atoms with Gasteiger partial charge in [0.15, 0.2) is 0 Å². The Hall–Kier alpha value is -4.39. The first-order valence-corrected chi connectivity index (χ1v) is 9.75. The first-order chi connectivity index (χ1) is 15.3. The van der Waals surface area contributed by atoms with Crippen LogP contribution in [0.15, 0.2) is 79.4 Å². The second-order valence-corrected chi connectivity index (χ2v) is 7.21. The van der Waals surface area contributed by atoms with E-state index >= 15 is 0 Å². The van der Waals surface area contributed by atoms with Gasteiger partial charge in [0.1, 0.15) is 17.2 Å². The zero-order valence-corrected chi connectivity index (χ0v) is 16.2. The lowest BCUT2D eigenvalue weighted by molar-refractivity contribution is 0.631. The van der Waals surface area contributed by atoms with Crippen LogP contribution in [0.1, 0.15) is 0 Å². The molecule has 6 rings (SSSR count). The van der Waals surface area contributed by atoms with Crippen molar-refractivity contribution in [2.24, 2.45) is 0 Å². The summed E-state index contributed by atoms with van der Waals surface area (Å²) in [5, 5.41) is 9.39. The lowest BCUT2D eigenvalue weighted by Crippen LogP contribution is -1.88. The Labute approximate surface area is 175 Å². The molecule has 7 heteroatoms. The Kier molecular flexibility index (Phi) is 3.86. The third-order valence-corrected chi connectivity index (χ3v) is 5.36. The minimum Gasteiger partial charge on any atom is -0.353 e. The molecule has 0 aliphatic heterocycles. The second kappa shape index (κ2) is 6.84. The Morgan fingerprint density at radius 2 is 1.65 bits per heavy atom. The van der Waals surface area contributed by atoms with Crippen LogP contribution in [0.25, 0.3) is 55.7 Å². The van der Waals surface area contributed by atoms with Crippen LogP contribution in [-0.2, 0) is 0 Å². The number of aromatic nitrogens is 6. The number of pyridine rings is 1. The van der Waals surface area contributed by atoms with Crippen molar-refractivity contribution in [3.8, 4) is 33.9 Å². The van der Waals surface area contributed by atoms with E-state index < -0.39 is 0 Å². The van der Waals surface area contributed by atoms with Crippen molar-refractivity contribution in [2.75, 3.05) is 0 Å². The van der Waals surface area contributed by atoms with E-state index in [0.717, 1.165) is 38.8 Å². The van der Waals surface area contributed by atoms with E-state index in [4.69, 9.17) is 0 Å². The molecular formula is C24H15FN6. The molecule has 4 heterocycles. The lowest BCUT2D eigenvalue weighted by atomic mass is 10.0. The highest BCUT2D eigenvalue weighted by Gasteiger charge is 2.16. The molecule has 0 amide bonds. The molecule has 0 radical (unpaired) electrons. The SMILES string of the molecule is Fc1ccccc1-c1cccc2[nH]c(-c3n[nH]c4cnc(-c5cnccn5)cc34)cc12. The van der Waals surface area contributed by atoms with E-state index in [1.165, 1.54) is 6.07 Å². The number of hydrogen-bond acceptors (Lipinski definition) is 4. The van der Waals surface area contributed by atoms with E-state index in [1.54, 1.807) is 36.9 Å². The summed E-state index contributed by atoms with van der Waals surface area (Å²) in [4.78, 5) is 16.3. The summed E-state index contributed by atoms with van der Waals surface area (Å²) in [6.07, 6.45) is 6.68. The molecule has 148 valence electrons. The Morgan fingerprint density at radius 1 is 0.742 bits per heavy atom. The quantitative estimate of drug-likeness (QED) is 0.414. The van der Waals surface area contributed by atoms with Gasteiger partial charge in [0, 0.05) is 34.2 Å². The highest BCUT2D eigenvalue weighted by atomic mass is 19.1. The van der Waals surface area contributed by atoms with Crippen molar-refractivity contribution in [3.63, 3.8) is 0 Å². The summed E-state index contributed by atoms with van der Waals surface area (Å²) < 4.78 is 14.5. The van der Waals surface area contributed by atoms with Crippen LogP contribution >= 0.6 is 0 Å². The highest BCUT2D eigenvalue weighted by Crippen LogP contribution is 2.35. The van der Waals surface area contributed by atoms with E-state index in [-0.39, 0.29) is 5.82 Å². The third kappa shape index (κ3) is 2.86. The van der Waals surface area contributed by atoms with Gasteiger partial charge in [-0.3, -0.25) is 20.1 Å². The maximum absolute atomic E-state index is 14.5. The molecule has 6 aromatic rings. The predicted molar refractivity (Wildman–Crippen MR) is 118 cm³/mol. The minimum atomic E-state index is -0.248. The molecule has 0 unspecified atom stereocenters. The van der Waals surface area contributed by atoms with Gasteiger partial charge in [-0.2, -0.15) is 5.10 Å². The summed E-state index contributed by atoms with van der Waals surface area (Å²) in [6, 6.07) is 16.6. The van der Waals surface area contributed by atoms with Gasteiger partial charge in [0.2, 0.25) is 0 Å². The van der Waals surface area contributed by atoms with Crippen LogP contribution in [0.3, 0.4) is 0 Å². The van der Waals surface area contributed by atoms with Gasteiger partial charge in [-0.15, -0.1) is 0 Å². The van der Waals surface area contributed by atoms with E-state index in [0.29, 0.717) is 17.0 Å². The fraction of sp³-hybridized carbons (Fsp3) is 0. The molecule has 0 bridgehead atoms. The summed E-state index contributed by atoms with van der Waals surface area (Å²) in [6.45, 7) is 0. The van der Waals surface area contributed by atoms with Crippen LogP contribution in [0.2, 0.25) is 0 Å². The molecule has 31 heavy (non-hydrogen) atoms. The van der Waals surface area contributed by atoms with Gasteiger partial charge in [0.05, 0.1) is 29.3 Å². The van der Waals surface area contributed by atoms with Crippen molar-refractivity contribution < 1.29 is 4.39 Å². The number of rotatable bonds is 3. The molecule has 0 saturated heterocycles. The maximum Gasteiger partial charge on any atom is 0.131 e. The molecule has 0 aliphatic carbocycles. The van der Waals surface area contributed by atoms with Crippen LogP contribution in [-0.4, -0.2) is 30.1 Å². The van der Waals surface area contributed by atoms with Gasteiger partial charge >= 0.3 is 0 Å². The van der Waals surface area contributed by atoms with Crippen molar-refractivity contribution >= 4 is 21.8 Å². The molecule has 2 aromatic carbocycles. The summed E-state index contributed by atoms with van der Waals surface area (Å²) >= 11 is 0. The van der Waals surface area contributed by atoms with Crippen molar-refractivity contribution in [1.29, 1.82) is 0 Å². The fourth-order valence-electron chi connectivity index (χ4n) is 3.89. The fourth-order valence-corrected chi connectivity index (χ4v) is 3.89. The maximum atomic E-state index is 14.5. The topological polar surface area (TPSA) is 83.1 Å². The number of hydrogen-bond donors (Lipinski definition) is 2. The monoisotopic (exact) mass is 406 g/mol. The minimum absolute atomic E-state index is 0.248. The Balaban J connectivity index is 1.53. The number of halogens is 1. The highest BCUT2D eigenvalue weighted by molar-refractivity contribution is 6.01. The van der Waals surface area contributed by atoms with E-state index in [9.17, 15) is 4.39 Å². The van der Waals surface area contributed by atoms with E-state index in [1.807, 2.05) is 36.4 Å². The van der Waals surface area contributed by atoms with Crippen LogP contribution < -0.4 is 0 Å². The first-order valence-electron chi connectivity index (χ1n) is 9.75. The van der Waals surface area contributed by atoms with Crippen molar-refractivity contribution in [2.45, 2.75) is 0 Å². The third-order valence-electron chi connectivity index (χ3n) is 5.36. The number of fused-ring (bicyclic) bond motifs is 2. The molecule has 0 fully saturated rings. The van der Waals surface area contributed by atoms with Gasteiger partial charge in [0.25, 0.3) is 0 Å². The lowest BCUT2D eigenvalue weighted by Gasteiger charge is -2.04. The van der Waals surface area contributed by atoms with Gasteiger partial charge in [-0.25, -0.2) is 4.39 Å². The number of H-pyrrole nitrogens is 2. The second-order valence-electron chi connectivity index (χ2n) is 7.21. The van der Waals surface area contributed by atoms with Crippen molar-refractivity contribution in [3.05, 3.63) is 85.2 Å². The molecule has 0 spiro atoms. The van der Waals surface area contributed by atoms with Gasteiger partial charge in [-0.1, -0.05) is 30.3 Å². The molecule has 0 aliphatic rings. The molecule has 6 nitrogen and oxygen atoms in total. The summed E-state index contributed by atoms with van der Waals surface area (Å²) in [5.74, 6) is -0.248. The largest absolute Gasteiger partial charge is 0.353 e. The normalized spacial score (nSPS) is 11.4. The summed E-state index contributed by atoms with van der Waals surface area (Å²) in [5.41, 5.74) is 6.13. The van der Waals surface area contributed by atoms with Crippen molar-refractivity contribution in [1.82, 2.24) is 30.1 Å². The Morgan fingerprint density at radius 3 is 2.52 bits per heavy atom. The van der Waals surface area contributed by atoms with E-state index in [2.05, 4.69) is 30.1 Å². The van der Waals surface area contributed by atoms with Crippen LogP contribution in [0.5, 0.6) is 0 Å². The summed E-state index contributed by atoms with van der Waals surface area (Å²) in [7, 11) is 0. The molecule has 0 atom stereocenters. The smallest absolute Gasteiger partial charge is 0.131 e. The van der Waals surface area contributed by atoms with Crippen LogP contribution in [0, 0.1) is 5.82 Å². The molecular weight excluding hydrogens is 391 g/mol. The number of nitrogens with one attached hydrogen (secondary N) is 2.